The number of rotatable bonds is 6. The van der Waals surface area contributed by atoms with E-state index < -0.39 is 0 Å². The van der Waals surface area contributed by atoms with Gasteiger partial charge in [-0.25, -0.2) is 9.37 Å². The molecule has 0 fully saturated rings. The second-order valence-electron chi connectivity index (χ2n) is 5.11. The molecule has 5 heteroatoms. The van der Waals surface area contributed by atoms with Crippen LogP contribution in [-0.2, 0) is 13.1 Å². The first-order chi connectivity index (χ1) is 11.2. The number of benzene rings is 2. The van der Waals surface area contributed by atoms with Gasteiger partial charge in [0, 0.05) is 18.7 Å². The summed E-state index contributed by atoms with van der Waals surface area (Å²) in [6.07, 6.45) is 1.58. The first-order valence-electron chi connectivity index (χ1n) is 7.28. The molecule has 0 unspecified atom stereocenters. The molecule has 1 N–H and O–H groups in total. The van der Waals surface area contributed by atoms with E-state index in [1.165, 1.54) is 12.1 Å². The lowest BCUT2D eigenvalue weighted by Crippen LogP contribution is -2.12. The maximum Gasteiger partial charge on any atom is 0.226 e. The summed E-state index contributed by atoms with van der Waals surface area (Å²) in [5.41, 5.74) is 2.52. The number of ether oxygens (including phenoxy) is 1. The normalized spacial score (nSPS) is 10.7. The Balaban J connectivity index is 1.59. The second kappa shape index (κ2) is 7.07. The molecule has 0 saturated heterocycles. The quantitative estimate of drug-likeness (QED) is 0.752. The molecule has 0 aliphatic rings. The zero-order valence-electron chi connectivity index (χ0n) is 12.8. The average molecular weight is 312 g/mol. The van der Waals surface area contributed by atoms with Gasteiger partial charge in [-0.3, -0.25) is 0 Å². The van der Waals surface area contributed by atoms with E-state index >= 15 is 0 Å². The van der Waals surface area contributed by atoms with Crippen LogP contribution in [0.5, 0.6) is 5.75 Å². The summed E-state index contributed by atoms with van der Waals surface area (Å²) in [4.78, 5) is 4.37. The predicted octanol–water partition coefficient (Wildman–Crippen LogP) is 3.78. The van der Waals surface area contributed by atoms with E-state index in [2.05, 4.69) is 10.3 Å². The summed E-state index contributed by atoms with van der Waals surface area (Å²) in [6.45, 7) is 1.26. The molecule has 118 valence electrons. The summed E-state index contributed by atoms with van der Waals surface area (Å²) in [6, 6.07) is 14.1. The fraction of sp³-hybridized carbons (Fsp3) is 0.167. The Labute approximate surface area is 133 Å². The van der Waals surface area contributed by atoms with Crippen molar-refractivity contribution < 1.29 is 13.5 Å². The minimum absolute atomic E-state index is 0.307. The third kappa shape index (κ3) is 3.96. The van der Waals surface area contributed by atoms with Crippen LogP contribution < -0.4 is 10.1 Å². The molecule has 4 nitrogen and oxygen atoms in total. The fourth-order valence-electron chi connectivity index (χ4n) is 2.26. The topological polar surface area (TPSA) is 47.3 Å². The van der Waals surface area contributed by atoms with Crippen LogP contribution in [-0.4, -0.2) is 12.1 Å². The third-order valence-electron chi connectivity index (χ3n) is 3.39. The highest BCUT2D eigenvalue weighted by Crippen LogP contribution is 2.19. The number of oxazole rings is 1. The van der Waals surface area contributed by atoms with Gasteiger partial charge < -0.3 is 14.5 Å². The highest BCUT2D eigenvalue weighted by molar-refractivity contribution is 5.52. The molecular formula is C18H17FN2O2. The van der Waals surface area contributed by atoms with Crippen molar-refractivity contribution in [3.05, 3.63) is 71.9 Å². The fourth-order valence-corrected chi connectivity index (χ4v) is 2.26. The Morgan fingerprint density at radius 2 is 2.00 bits per heavy atom. The van der Waals surface area contributed by atoms with Gasteiger partial charge in [-0.15, -0.1) is 0 Å². The van der Waals surface area contributed by atoms with Crippen molar-refractivity contribution in [2.45, 2.75) is 13.1 Å². The molecule has 3 rings (SSSR count). The van der Waals surface area contributed by atoms with Crippen LogP contribution >= 0.6 is 0 Å². The monoisotopic (exact) mass is 312 g/mol. The summed E-state index contributed by atoms with van der Waals surface area (Å²) in [7, 11) is 1.65. The minimum atomic E-state index is -0.307. The average Bonchev–Trinajstić information content (AvgIpc) is 3.04. The Bertz CT molecular complexity index is 786. The molecule has 1 aromatic heterocycles. The first-order valence-corrected chi connectivity index (χ1v) is 7.28. The van der Waals surface area contributed by atoms with Gasteiger partial charge in [0.1, 0.15) is 17.8 Å². The van der Waals surface area contributed by atoms with Gasteiger partial charge in [0.25, 0.3) is 0 Å². The van der Waals surface area contributed by atoms with Gasteiger partial charge in [-0.2, -0.15) is 0 Å². The number of methoxy groups -OCH3 is 1. The molecular weight excluding hydrogens is 295 g/mol. The van der Waals surface area contributed by atoms with Gasteiger partial charge in [0.15, 0.2) is 0 Å². The number of hydrogen-bond acceptors (Lipinski definition) is 4. The molecule has 1 heterocycles. The lowest BCUT2D eigenvalue weighted by molar-refractivity contribution is 0.414. The van der Waals surface area contributed by atoms with Gasteiger partial charge in [0.05, 0.1) is 12.8 Å². The van der Waals surface area contributed by atoms with Crippen molar-refractivity contribution in [3.63, 3.8) is 0 Å². The van der Waals surface area contributed by atoms with E-state index in [-0.39, 0.29) is 5.82 Å². The first kappa shape index (κ1) is 15.2. The minimum Gasteiger partial charge on any atom is -0.497 e. The Kier molecular flexibility index (Phi) is 4.68. The van der Waals surface area contributed by atoms with Crippen LogP contribution in [0.1, 0.15) is 11.3 Å². The van der Waals surface area contributed by atoms with E-state index in [1.54, 1.807) is 25.5 Å². The van der Waals surface area contributed by atoms with Crippen LogP contribution in [0.25, 0.3) is 11.5 Å². The number of nitrogens with zero attached hydrogens (tertiary/aromatic N) is 1. The standard InChI is InChI=1S/C18H17FN2O2/c1-22-17-7-2-4-13(8-17)10-20-11-16-12-23-18(21-16)14-5-3-6-15(19)9-14/h2-9,12,20H,10-11H2,1H3. The van der Waals surface area contributed by atoms with E-state index in [9.17, 15) is 4.39 Å². The van der Waals surface area contributed by atoms with Crippen LogP contribution in [0, 0.1) is 5.82 Å². The zero-order valence-corrected chi connectivity index (χ0v) is 12.8. The van der Waals surface area contributed by atoms with Crippen molar-refractivity contribution in [2.75, 3.05) is 7.11 Å². The molecule has 0 amide bonds. The highest BCUT2D eigenvalue weighted by Gasteiger charge is 2.07. The van der Waals surface area contributed by atoms with E-state index in [1.807, 2.05) is 24.3 Å². The molecule has 3 aromatic rings. The van der Waals surface area contributed by atoms with Crippen molar-refractivity contribution >= 4 is 0 Å². The molecule has 0 spiro atoms. The van der Waals surface area contributed by atoms with Crippen LogP contribution in [0.2, 0.25) is 0 Å². The zero-order chi connectivity index (χ0) is 16.1. The molecule has 0 bridgehead atoms. The summed E-state index contributed by atoms with van der Waals surface area (Å²) >= 11 is 0. The van der Waals surface area contributed by atoms with E-state index in [4.69, 9.17) is 9.15 Å². The SMILES string of the molecule is COc1cccc(CNCc2coc(-c3cccc(F)c3)n2)c1. The van der Waals surface area contributed by atoms with Gasteiger partial charge in [-0.05, 0) is 35.9 Å². The van der Waals surface area contributed by atoms with Crippen molar-refractivity contribution in [1.29, 1.82) is 0 Å². The van der Waals surface area contributed by atoms with Crippen LogP contribution in [0.4, 0.5) is 4.39 Å². The molecule has 0 saturated carbocycles. The number of hydrogen-bond donors (Lipinski definition) is 1. The van der Waals surface area contributed by atoms with Crippen LogP contribution in [0.15, 0.2) is 59.2 Å². The maximum absolute atomic E-state index is 13.2. The van der Waals surface area contributed by atoms with Crippen molar-refractivity contribution in [1.82, 2.24) is 10.3 Å². The lowest BCUT2D eigenvalue weighted by atomic mass is 10.2. The van der Waals surface area contributed by atoms with Crippen molar-refractivity contribution in [3.8, 4) is 17.2 Å². The Hall–Kier alpha value is -2.66. The molecule has 0 aliphatic heterocycles. The summed E-state index contributed by atoms with van der Waals surface area (Å²) in [5.74, 6) is 0.945. The van der Waals surface area contributed by atoms with Crippen molar-refractivity contribution in [2.24, 2.45) is 0 Å². The predicted molar refractivity (Wildman–Crippen MR) is 85.4 cm³/mol. The van der Waals surface area contributed by atoms with E-state index in [0.717, 1.165) is 17.0 Å². The van der Waals surface area contributed by atoms with Gasteiger partial charge in [-0.1, -0.05) is 18.2 Å². The lowest BCUT2D eigenvalue weighted by Gasteiger charge is -2.05. The molecule has 2 aromatic carbocycles. The summed E-state index contributed by atoms with van der Waals surface area (Å²) < 4.78 is 23.8. The molecule has 0 atom stereocenters. The maximum atomic E-state index is 13.2. The second-order valence-corrected chi connectivity index (χ2v) is 5.11. The highest BCUT2D eigenvalue weighted by atomic mass is 19.1. The van der Waals surface area contributed by atoms with Gasteiger partial charge >= 0.3 is 0 Å². The molecule has 0 radical (unpaired) electrons. The smallest absolute Gasteiger partial charge is 0.226 e. The molecule has 23 heavy (non-hydrogen) atoms. The third-order valence-corrected chi connectivity index (χ3v) is 3.39. The summed E-state index contributed by atoms with van der Waals surface area (Å²) in [5, 5.41) is 3.29. The number of aromatic nitrogens is 1. The number of nitrogens with one attached hydrogen (secondary N) is 1. The van der Waals surface area contributed by atoms with Gasteiger partial charge in [0.2, 0.25) is 5.89 Å². The Morgan fingerprint density at radius 3 is 2.83 bits per heavy atom. The largest absolute Gasteiger partial charge is 0.497 e. The number of halogens is 1. The van der Waals surface area contributed by atoms with Crippen LogP contribution in [0.3, 0.4) is 0 Å². The molecule has 0 aliphatic carbocycles. The Morgan fingerprint density at radius 1 is 1.13 bits per heavy atom. The van der Waals surface area contributed by atoms with E-state index in [0.29, 0.717) is 24.5 Å².